The predicted molar refractivity (Wildman–Crippen MR) is 73.6 cm³/mol. The number of nitrogens with one attached hydrogen (secondary N) is 1. The Labute approximate surface area is 115 Å². The third kappa shape index (κ3) is 2.46. The first-order chi connectivity index (χ1) is 9.54. The van der Waals surface area contributed by atoms with Crippen LogP contribution in [0.3, 0.4) is 0 Å². The van der Waals surface area contributed by atoms with Crippen LogP contribution < -0.4 is 11.1 Å². The van der Waals surface area contributed by atoms with Gasteiger partial charge in [-0.15, -0.1) is 0 Å². The summed E-state index contributed by atoms with van der Waals surface area (Å²) in [6, 6.07) is 7.30. The minimum atomic E-state index is -0.704. The van der Waals surface area contributed by atoms with Gasteiger partial charge < -0.3 is 15.8 Å². The first-order valence-electron chi connectivity index (χ1n) is 5.82. The predicted octanol–water partition coefficient (Wildman–Crippen LogP) is 1.64. The number of nitrogens with two attached hydrogens (primary N) is 1. The molecule has 104 valence electrons. The molecular weight excluding hydrogens is 260 g/mol. The number of rotatable bonds is 2. The molecule has 0 aliphatic carbocycles. The van der Waals surface area contributed by atoms with Gasteiger partial charge in [0.15, 0.2) is 5.69 Å². The molecule has 0 aliphatic rings. The lowest BCUT2D eigenvalue weighted by atomic mass is 10.2. The Bertz CT molecular complexity index is 663. The molecule has 2 aromatic rings. The molecule has 0 bridgehead atoms. The quantitative estimate of drug-likeness (QED) is 0.867. The number of anilines is 2. The molecule has 0 unspecified atom stereocenters. The normalized spacial score (nSPS) is 10.1. The van der Waals surface area contributed by atoms with E-state index in [1.54, 1.807) is 12.1 Å². The standard InChI is InChI=1S/C13H14N4O3/c1-8-5-3-4-6-9(8)16-12(18)10-11(14)17(7-15-10)13(19)20-2/h3-7H,14H2,1-2H3,(H,16,18). The molecule has 0 saturated carbocycles. The van der Waals surface area contributed by atoms with E-state index in [-0.39, 0.29) is 11.5 Å². The van der Waals surface area contributed by atoms with Gasteiger partial charge in [-0.3, -0.25) is 4.79 Å². The highest BCUT2D eigenvalue weighted by molar-refractivity contribution is 6.06. The number of hydrogen-bond donors (Lipinski definition) is 2. The summed E-state index contributed by atoms with van der Waals surface area (Å²) in [5, 5.41) is 2.69. The second-order valence-corrected chi connectivity index (χ2v) is 4.09. The third-order valence-electron chi connectivity index (χ3n) is 2.78. The second-order valence-electron chi connectivity index (χ2n) is 4.09. The number of aryl methyl sites for hydroxylation is 1. The number of methoxy groups -OCH3 is 1. The number of carbonyl (C=O) groups excluding carboxylic acids is 2. The maximum atomic E-state index is 12.1. The van der Waals surface area contributed by atoms with Gasteiger partial charge in [-0.2, -0.15) is 0 Å². The Kier molecular flexibility index (Phi) is 3.69. The maximum absolute atomic E-state index is 12.1. The van der Waals surface area contributed by atoms with E-state index in [1.165, 1.54) is 7.11 Å². The Morgan fingerprint density at radius 3 is 2.70 bits per heavy atom. The number of amides is 1. The zero-order valence-electron chi connectivity index (χ0n) is 11.1. The van der Waals surface area contributed by atoms with Gasteiger partial charge in [-0.05, 0) is 18.6 Å². The minimum absolute atomic E-state index is 0.0290. The van der Waals surface area contributed by atoms with Crippen molar-refractivity contribution >= 4 is 23.5 Å². The average Bonchev–Trinajstić information content (AvgIpc) is 2.82. The van der Waals surface area contributed by atoms with E-state index < -0.39 is 12.0 Å². The number of nitrogen functional groups attached to an aromatic ring is 1. The summed E-state index contributed by atoms with van der Waals surface area (Å²) in [7, 11) is 1.22. The minimum Gasteiger partial charge on any atom is -0.452 e. The topological polar surface area (TPSA) is 99.2 Å². The summed E-state index contributed by atoms with van der Waals surface area (Å²) in [6.45, 7) is 1.87. The lowest BCUT2D eigenvalue weighted by molar-refractivity contribution is 0.102. The number of hydrogen-bond acceptors (Lipinski definition) is 5. The van der Waals surface area contributed by atoms with Crippen LogP contribution >= 0.6 is 0 Å². The smallest absolute Gasteiger partial charge is 0.420 e. The van der Waals surface area contributed by atoms with Crippen molar-refractivity contribution in [3.8, 4) is 0 Å². The van der Waals surface area contributed by atoms with Crippen LogP contribution in [0.4, 0.5) is 16.3 Å². The number of imidazole rings is 1. The highest BCUT2D eigenvalue weighted by Gasteiger charge is 2.19. The summed E-state index contributed by atoms with van der Waals surface area (Å²) in [4.78, 5) is 27.3. The Balaban J connectivity index is 2.25. The van der Waals surface area contributed by atoms with E-state index in [1.807, 2.05) is 19.1 Å². The summed E-state index contributed by atoms with van der Waals surface area (Å²) in [6.07, 6.45) is 0.443. The number of ether oxygens (including phenoxy) is 1. The Morgan fingerprint density at radius 2 is 2.05 bits per heavy atom. The summed E-state index contributed by atoms with van der Waals surface area (Å²) in [5.74, 6) is -0.553. The van der Waals surface area contributed by atoms with Crippen LogP contribution in [0.25, 0.3) is 0 Å². The molecular formula is C13H14N4O3. The Morgan fingerprint density at radius 1 is 1.35 bits per heavy atom. The fourth-order valence-electron chi connectivity index (χ4n) is 1.67. The number of benzene rings is 1. The molecule has 0 fully saturated rings. The highest BCUT2D eigenvalue weighted by Crippen LogP contribution is 2.17. The van der Waals surface area contributed by atoms with Gasteiger partial charge in [0.1, 0.15) is 12.1 Å². The van der Waals surface area contributed by atoms with E-state index >= 15 is 0 Å². The van der Waals surface area contributed by atoms with Crippen molar-refractivity contribution in [2.24, 2.45) is 0 Å². The van der Waals surface area contributed by atoms with Gasteiger partial charge >= 0.3 is 6.09 Å². The fraction of sp³-hybridized carbons (Fsp3) is 0.154. The van der Waals surface area contributed by atoms with Gasteiger partial charge in [-0.25, -0.2) is 14.3 Å². The van der Waals surface area contributed by atoms with Crippen molar-refractivity contribution in [1.82, 2.24) is 9.55 Å². The molecule has 0 aliphatic heterocycles. The molecule has 7 nitrogen and oxygen atoms in total. The van der Waals surface area contributed by atoms with Crippen LogP contribution in [0.2, 0.25) is 0 Å². The lowest BCUT2D eigenvalue weighted by Gasteiger charge is -2.07. The molecule has 1 amide bonds. The first-order valence-corrected chi connectivity index (χ1v) is 5.82. The third-order valence-corrected chi connectivity index (χ3v) is 2.78. The lowest BCUT2D eigenvalue weighted by Crippen LogP contribution is -2.18. The fourth-order valence-corrected chi connectivity index (χ4v) is 1.67. The molecule has 20 heavy (non-hydrogen) atoms. The maximum Gasteiger partial charge on any atom is 0.420 e. The van der Waals surface area contributed by atoms with E-state index in [0.29, 0.717) is 5.69 Å². The van der Waals surface area contributed by atoms with Gasteiger partial charge in [0, 0.05) is 5.69 Å². The monoisotopic (exact) mass is 274 g/mol. The van der Waals surface area contributed by atoms with Crippen LogP contribution in [0, 0.1) is 6.92 Å². The molecule has 2 rings (SSSR count). The van der Waals surface area contributed by atoms with Gasteiger partial charge in [0.25, 0.3) is 5.91 Å². The molecule has 1 aromatic heterocycles. The van der Waals surface area contributed by atoms with Crippen LogP contribution in [0.15, 0.2) is 30.6 Å². The Hall–Kier alpha value is -2.83. The van der Waals surface area contributed by atoms with Crippen molar-refractivity contribution in [2.45, 2.75) is 6.92 Å². The van der Waals surface area contributed by atoms with Crippen molar-refractivity contribution in [3.05, 3.63) is 41.9 Å². The summed E-state index contributed by atoms with van der Waals surface area (Å²) >= 11 is 0. The van der Waals surface area contributed by atoms with Crippen molar-refractivity contribution in [3.63, 3.8) is 0 Å². The van der Waals surface area contributed by atoms with Gasteiger partial charge in [-0.1, -0.05) is 18.2 Å². The van der Waals surface area contributed by atoms with Crippen molar-refractivity contribution in [1.29, 1.82) is 0 Å². The average molecular weight is 274 g/mol. The van der Waals surface area contributed by atoms with E-state index in [4.69, 9.17) is 5.73 Å². The van der Waals surface area contributed by atoms with E-state index in [0.717, 1.165) is 16.5 Å². The molecule has 3 N–H and O–H groups in total. The summed E-state index contributed by atoms with van der Waals surface area (Å²) < 4.78 is 5.48. The zero-order chi connectivity index (χ0) is 14.7. The molecule has 0 radical (unpaired) electrons. The largest absolute Gasteiger partial charge is 0.452 e. The van der Waals surface area contributed by atoms with Gasteiger partial charge in [0.05, 0.1) is 7.11 Å². The number of para-hydroxylation sites is 1. The number of aromatic nitrogens is 2. The SMILES string of the molecule is COC(=O)n1cnc(C(=O)Nc2ccccc2C)c1N. The summed E-state index contributed by atoms with van der Waals surface area (Å²) in [5.41, 5.74) is 7.25. The van der Waals surface area contributed by atoms with Crippen LogP contribution in [0.5, 0.6) is 0 Å². The zero-order valence-corrected chi connectivity index (χ0v) is 11.1. The number of nitrogens with zero attached hydrogens (tertiary/aromatic N) is 2. The molecule has 0 saturated heterocycles. The van der Waals surface area contributed by atoms with E-state index in [9.17, 15) is 9.59 Å². The second kappa shape index (κ2) is 5.43. The molecule has 1 heterocycles. The first kappa shape index (κ1) is 13.6. The molecule has 1 aromatic carbocycles. The van der Waals surface area contributed by atoms with Crippen LogP contribution in [0.1, 0.15) is 16.1 Å². The highest BCUT2D eigenvalue weighted by atomic mass is 16.5. The van der Waals surface area contributed by atoms with Crippen molar-refractivity contribution in [2.75, 3.05) is 18.2 Å². The van der Waals surface area contributed by atoms with Crippen molar-refractivity contribution < 1.29 is 14.3 Å². The van der Waals surface area contributed by atoms with Crippen LogP contribution in [-0.4, -0.2) is 28.7 Å². The number of carbonyl (C=O) groups is 2. The van der Waals surface area contributed by atoms with E-state index in [2.05, 4.69) is 15.0 Å². The van der Waals surface area contributed by atoms with Crippen LogP contribution in [-0.2, 0) is 4.74 Å². The molecule has 0 atom stereocenters. The molecule has 0 spiro atoms. The molecule has 7 heteroatoms. The van der Waals surface area contributed by atoms with Gasteiger partial charge in [0.2, 0.25) is 0 Å².